The van der Waals surface area contributed by atoms with Crippen LogP contribution in [0.2, 0.25) is 0 Å². The quantitative estimate of drug-likeness (QED) is 0.712. The Hall–Kier alpha value is -3.74. The van der Waals surface area contributed by atoms with Crippen LogP contribution in [-0.4, -0.2) is 28.3 Å². The lowest BCUT2D eigenvalue weighted by molar-refractivity contribution is -0.114. The molecule has 2 aromatic carbocycles. The van der Waals surface area contributed by atoms with E-state index in [1.54, 1.807) is 30.5 Å². The summed E-state index contributed by atoms with van der Waals surface area (Å²) in [6, 6.07) is 15.2. The molecule has 2 heterocycles. The second-order valence-electron chi connectivity index (χ2n) is 6.86. The number of para-hydroxylation sites is 1. The van der Waals surface area contributed by atoms with Crippen LogP contribution in [-0.2, 0) is 11.2 Å². The van der Waals surface area contributed by atoms with Crippen molar-refractivity contribution >= 4 is 34.7 Å². The fraction of sp³-hybridized carbons (Fsp3) is 0.182. The molecule has 0 atom stereocenters. The number of carbonyl (C=O) groups is 2. The van der Waals surface area contributed by atoms with Gasteiger partial charge in [-0.1, -0.05) is 18.2 Å². The highest BCUT2D eigenvalue weighted by Gasteiger charge is 2.19. The summed E-state index contributed by atoms with van der Waals surface area (Å²) in [5.74, 6) is 0.247. The van der Waals surface area contributed by atoms with Gasteiger partial charge in [-0.3, -0.25) is 9.59 Å². The Bertz CT molecular complexity index is 1030. The summed E-state index contributed by atoms with van der Waals surface area (Å²) in [4.78, 5) is 34.4. The number of hydrogen-bond acceptors (Lipinski definition) is 5. The van der Waals surface area contributed by atoms with E-state index in [-0.39, 0.29) is 17.5 Å². The summed E-state index contributed by atoms with van der Waals surface area (Å²) in [6.45, 7) is 2.32. The molecule has 1 aromatic heterocycles. The molecule has 7 heteroatoms. The molecule has 4 rings (SSSR count). The highest BCUT2D eigenvalue weighted by atomic mass is 16.2. The van der Waals surface area contributed by atoms with Crippen LogP contribution in [0.4, 0.5) is 22.9 Å². The number of fused-ring (bicyclic) bond motifs is 1. The van der Waals surface area contributed by atoms with Crippen molar-refractivity contribution < 1.29 is 9.59 Å². The zero-order valence-corrected chi connectivity index (χ0v) is 16.1. The van der Waals surface area contributed by atoms with Gasteiger partial charge in [0.1, 0.15) is 5.69 Å². The van der Waals surface area contributed by atoms with E-state index in [0.29, 0.717) is 11.4 Å². The van der Waals surface area contributed by atoms with E-state index >= 15 is 0 Å². The molecule has 0 saturated heterocycles. The fourth-order valence-electron chi connectivity index (χ4n) is 3.38. The van der Waals surface area contributed by atoms with Crippen molar-refractivity contribution in [2.75, 3.05) is 22.1 Å². The van der Waals surface area contributed by atoms with E-state index in [4.69, 9.17) is 0 Å². The molecular weight excluding hydrogens is 366 g/mol. The van der Waals surface area contributed by atoms with Gasteiger partial charge in [0.15, 0.2) is 5.82 Å². The van der Waals surface area contributed by atoms with Crippen molar-refractivity contribution in [1.82, 2.24) is 9.97 Å². The van der Waals surface area contributed by atoms with Crippen molar-refractivity contribution in [3.05, 3.63) is 72.2 Å². The minimum atomic E-state index is -0.338. The smallest absolute Gasteiger partial charge is 0.275 e. The number of aromatic nitrogens is 2. The Kier molecular flexibility index (Phi) is 5.20. The lowest BCUT2D eigenvalue weighted by Gasteiger charge is -2.30. The van der Waals surface area contributed by atoms with Crippen LogP contribution in [0.1, 0.15) is 29.4 Å². The first-order chi connectivity index (χ1) is 14.1. The van der Waals surface area contributed by atoms with E-state index in [1.807, 2.05) is 12.1 Å². The Morgan fingerprint density at radius 3 is 2.34 bits per heavy atom. The number of anilines is 4. The maximum atomic E-state index is 12.5. The van der Waals surface area contributed by atoms with Gasteiger partial charge in [-0.2, -0.15) is 0 Å². The lowest BCUT2D eigenvalue weighted by Crippen LogP contribution is -2.25. The third-order valence-corrected chi connectivity index (χ3v) is 4.72. The van der Waals surface area contributed by atoms with Crippen LogP contribution in [0.15, 0.2) is 60.9 Å². The number of hydrogen-bond donors (Lipinski definition) is 2. The van der Waals surface area contributed by atoms with Gasteiger partial charge in [0.05, 0.1) is 12.4 Å². The molecule has 0 bridgehead atoms. The number of nitrogens with zero attached hydrogens (tertiary/aromatic N) is 3. The number of amides is 2. The number of aryl methyl sites for hydroxylation is 1. The van der Waals surface area contributed by atoms with Gasteiger partial charge in [0.2, 0.25) is 5.91 Å². The SMILES string of the molecule is CC(=O)Nc1ccc(NC(=O)c2cnc(N3CCCc4ccccc43)cn2)cc1. The molecule has 0 radical (unpaired) electrons. The zero-order valence-electron chi connectivity index (χ0n) is 16.1. The second-order valence-corrected chi connectivity index (χ2v) is 6.86. The summed E-state index contributed by atoms with van der Waals surface area (Å²) >= 11 is 0. The number of benzene rings is 2. The second kappa shape index (κ2) is 8.10. The van der Waals surface area contributed by atoms with Crippen LogP contribution in [0, 0.1) is 0 Å². The Labute approximate surface area is 168 Å². The summed E-state index contributed by atoms with van der Waals surface area (Å²) in [7, 11) is 0. The largest absolute Gasteiger partial charge is 0.326 e. The molecule has 0 spiro atoms. The predicted molar refractivity (Wildman–Crippen MR) is 112 cm³/mol. The van der Waals surface area contributed by atoms with E-state index in [1.165, 1.54) is 18.7 Å². The average molecular weight is 387 g/mol. The molecule has 0 unspecified atom stereocenters. The van der Waals surface area contributed by atoms with Crippen molar-refractivity contribution in [2.24, 2.45) is 0 Å². The molecule has 0 aliphatic carbocycles. The summed E-state index contributed by atoms with van der Waals surface area (Å²) in [6.07, 6.45) is 5.24. The fourth-order valence-corrected chi connectivity index (χ4v) is 3.38. The summed E-state index contributed by atoms with van der Waals surface area (Å²) in [5, 5.41) is 5.47. The third kappa shape index (κ3) is 4.24. The molecule has 1 aliphatic heterocycles. The standard InChI is InChI=1S/C22H21N5O2/c1-15(28)25-17-8-10-18(11-9-17)26-22(29)19-13-24-21(14-23-19)27-12-4-6-16-5-2-3-7-20(16)27/h2-3,5,7-11,13-14H,4,6,12H2,1H3,(H,25,28)(H,26,29). The molecule has 0 saturated carbocycles. The van der Waals surface area contributed by atoms with Crippen LogP contribution in [0.3, 0.4) is 0 Å². The molecule has 2 N–H and O–H groups in total. The van der Waals surface area contributed by atoms with E-state index < -0.39 is 0 Å². The third-order valence-electron chi connectivity index (χ3n) is 4.72. The van der Waals surface area contributed by atoms with E-state index in [0.717, 1.165) is 30.9 Å². The van der Waals surface area contributed by atoms with Gasteiger partial charge in [-0.05, 0) is 48.7 Å². The molecule has 1 aliphatic rings. The minimum Gasteiger partial charge on any atom is -0.326 e. The van der Waals surface area contributed by atoms with Crippen molar-refractivity contribution in [1.29, 1.82) is 0 Å². The van der Waals surface area contributed by atoms with Crippen LogP contribution in [0.5, 0.6) is 0 Å². The highest BCUT2D eigenvalue weighted by Crippen LogP contribution is 2.31. The Morgan fingerprint density at radius 2 is 1.66 bits per heavy atom. The van der Waals surface area contributed by atoms with E-state index in [9.17, 15) is 9.59 Å². The number of carbonyl (C=O) groups excluding carboxylic acids is 2. The Balaban J connectivity index is 1.45. The number of nitrogens with one attached hydrogen (secondary N) is 2. The van der Waals surface area contributed by atoms with Gasteiger partial charge in [-0.15, -0.1) is 0 Å². The Morgan fingerprint density at radius 1 is 0.931 bits per heavy atom. The normalized spacial score (nSPS) is 12.8. The van der Waals surface area contributed by atoms with Gasteiger partial charge in [-0.25, -0.2) is 9.97 Å². The summed E-state index contributed by atoms with van der Waals surface area (Å²) in [5.41, 5.74) is 3.96. The molecule has 3 aromatic rings. The minimum absolute atomic E-state index is 0.145. The molecule has 0 fully saturated rings. The first-order valence-electron chi connectivity index (χ1n) is 9.46. The molecule has 29 heavy (non-hydrogen) atoms. The molecule has 146 valence electrons. The first-order valence-corrected chi connectivity index (χ1v) is 9.46. The van der Waals surface area contributed by atoms with Gasteiger partial charge < -0.3 is 15.5 Å². The van der Waals surface area contributed by atoms with Crippen LogP contribution in [0.25, 0.3) is 0 Å². The van der Waals surface area contributed by atoms with Gasteiger partial charge in [0, 0.05) is 30.5 Å². The summed E-state index contributed by atoms with van der Waals surface area (Å²) < 4.78 is 0. The van der Waals surface area contributed by atoms with Crippen molar-refractivity contribution in [2.45, 2.75) is 19.8 Å². The molecule has 2 amide bonds. The first kappa shape index (κ1) is 18.6. The highest BCUT2D eigenvalue weighted by molar-refractivity contribution is 6.02. The molecular formula is C22H21N5O2. The average Bonchev–Trinajstić information content (AvgIpc) is 2.74. The lowest BCUT2D eigenvalue weighted by atomic mass is 10.0. The van der Waals surface area contributed by atoms with E-state index in [2.05, 4.69) is 37.6 Å². The topological polar surface area (TPSA) is 87.2 Å². The maximum Gasteiger partial charge on any atom is 0.275 e. The number of rotatable bonds is 4. The zero-order chi connectivity index (χ0) is 20.2. The van der Waals surface area contributed by atoms with Crippen LogP contribution >= 0.6 is 0 Å². The van der Waals surface area contributed by atoms with Crippen LogP contribution < -0.4 is 15.5 Å². The predicted octanol–water partition coefficient (Wildman–Crippen LogP) is 3.77. The van der Waals surface area contributed by atoms with Gasteiger partial charge in [0.25, 0.3) is 5.91 Å². The van der Waals surface area contributed by atoms with Crippen molar-refractivity contribution in [3.63, 3.8) is 0 Å². The van der Waals surface area contributed by atoms with Crippen molar-refractivity contribution in [3.8, 4) is 0 Å². The van der Waals surface area contributed by atoms with Gasteiger partial charge >= 0.3 is 0 Å². The molecule has 7 nitrogen and oxygen atoms in total. The maximum absolute atomic E-state index is 12.5. The monoisotopic (exact) mass is 387 g/mol.